The molecule has 3 rings (SSSR count). The summed E-state index contributed by atoms with van der Waals surface area (Å²) in [6, 6.07) is 5.66. The molecule has 2 unspecified atom stereocenters. The van der Waals surface area contributed by atoms with Crippen LogP contribution >= 0.6 is 0 Å². The van der Waals surface area contributed by atoms with Gasteiger partial charge in [0.25, 0.3) is 0 Å². The summed E-state index contributed by atoms with van der Waals surface area (Å²) in [6.45, 7) is 5.76. The van der Waals surface area contributed by atoms with E-state index in [4.69, 9.17) is 5.11 Å². The molecule has 2 heterocycles. The Kier molecular flexibility index (Phi) is 8.87. The van der Waals surface area contributed by atoms with Gasteiger partial charge in [0, 0.05) is 24.6 Å². The average Bonchev–Trinajstić information content (AvgIpc) is 2.72. The fraction of sp³-hybridized carbons (Fsp3) is 0.500. The zero-order valence-corrected chi connectivity index (χ0v) is 20.1. The molecule has 1 saturated heterocycles. The Morgan fingerprint density at radius 3 is 2.21 bits per heavy atom. The number of nitrogens with zero attached hydrogens (tertiary/aromatic N) is 3. The molecule has 0 spiro atoms. The molecule has 2 aromatic rings. The van der Waals surface area contributed by atoms with Gasteiger partial charge in [0.2, 0.25) is 16.0 Å². The van der Waals surface area contributed by atoms with E-state index < -0.39 is 28.0 Å². The number of sulfonamides is 1. The highest BCUT2D eigenvalue weighted by Gasteiger charge is 2.25. The number of ether oxygens (including phenoxy) is 1. The smallest absolute Gasteiger partial charge is 0.308 e. The van der Waals surface area contributed by atoms with Gasteiger partial charge in [-0.15, -0.1) is 0 Å². The Hall–Kier alpha value is -2.63. The van der Waals surface area contributed by atoms with Crippen LogP contribution in [0.1, 0.15) is 56.9 Å². The molecule has 1 aromatic heterocycles. The van der Waals surface area contributed by atoms with E-state index in [1.807, 2.05) is 13.8 Å². The van der Waals surface area contributed by atoms with Gasteiger partial charge >= 0.3 is 5.97 Å². The molecule has 9 nitrogen and oxygen atoms in total. The van der Waals surface area contributed by atoms with Crippen molar-refractivity contribution in [3.8, 4) is 11.3 Å². The molecule has 1 fully saturated rings. The summed E-state index contributed by atoms with van der Waals surface area (Å²) in [5.41, 5.74) is 2.02. The third-order valence-electron chi connectivity index (χ3n) is 4.94. The maximum Gasteiger partial charge on any atom is 0.308 e. The molecule has 1 aliphatic heterocycles. The minimum absolute atomic E-state index is 0.00919. The molecule has 2 atom stereocenters. The molecule has 0 bridgehead atoms. The Labute approximate surface area is 193 Å². The molecule has 11 heteroatoms. The van der Waals surface area contributed by atoms with Crippen LogP contribution in [0.5, 0.6) is 0 Å². The summed E-state index contributed by atoms with van der Waals surface area (Å²) in [4.78, 5) is 19.0. The minimum atomic E-state index is -3.55. The summed E-state index contributed by atoms with van der Waals surface area (Å²) in [5, 5.41) is 19.0. The van der Waals surface area contributed by atoms with Crippen molar-refractivity contribution in [1.29, 1.82) is 0 Å². The Morgan fingerprint density at radius 1 is 1.18 bits per heavy atom. The third-order valence-corrected chi connectivity index (χ3v) is 6.10. The van der Waals surface area contributed by atoms with Crippen LogP contribution in [0, 0.1) is 5.82 Å². The summed E-state index contributed by atoms with van der Waals surface area (Å²) >= 11 is 0. The summed E-state index contributed by atoms with van der Waals surface area (Å²) in [5.74, 6) is -0.744. The fourth-order valence-corrected chi connectivity index (χ4v) is 3.48. The van der Waals surface area contributed by atoms with Gasteiger partial charge in [-0.3, -0.25) is 4.79 Å². The standard InChI is InChI=1S/C17H22FN3O3S.C5H8O3/c1-10(2)15-14(11(3)22)16(12-6-8-13(18)9-7-12)20-17(19-15)21(4)25(5,23)24;6-4-1-2-8-5(7)3-4/h6-11,22H,1-5H3;4,6H,1-3H2. The fourth-order valence-electron chi connectivity index (χ4n) is 3.11. The van der Waals surface area contributed by atoms with Gasteiger partial charge in [0.15, 0.2) is 0 Å². The summed E-state index contributed by atoms with van der Waals surface area (Å²) in [7, 11) is -2.18. The van der Waals surface area contributed by atoms with Gasteiger partial charge < -0.3 is 14.9 Å². The molecule has 0 radical (unpaired) electrons. The average molecular weight is 484 g/mol. The van der Waals surface area contributed by atoms with Crippen LogP contribution in [0.3, 0.4) is 0 Å². The quantitative estimate of drug-likeness (QED) is 0.621. The van der Waals surface area contributed by atoms with Gasteiger partial charge in [-0.1, -0.05) is 13.8 Å². The first-order valence-electron chi connectivity index (χ1n) is 10.4. The van der Waals surface area contributed by atoms with Gasteiger partial charge in [-0.25, -0.2) is 27.1 Å². The van der Waals surface area contributed by atoms with Crippen molar-refractivity contribution in [3.05, 3.63) is 41.3 Å². The van der Waals surface area contributed by atoms with Crippen molar-refractivity contribution in [3.63, 3.8) is 0 Å². The normalized spacial score (nSPS) is 17.1. The van der Waals surface area contributed by atoms with E-state index in [9.17, 15) is 22.7 Å². The van der Waals surface area contributed by atoms with Crippen LogP contribution in [0.15, 0.2) is 24.3 Å². The Balaban J connectivity index is 0.000000405. The second-order valence-corrected chi connectivity index (χ2v) is 10.1. The highest BCUT2D eigenvalue weighted by molar-refractivity contribution is 7.92. The number of benzene rings is 1. The number of carbonyl (C=O) groups is 1. The van der Waals surface area contributed by atoms with Crippen molar-refractivity contribution >= 4 is 21.9 Å². The second kappa shape index (κ2) is 11.0. The first-order chi connectivity index (χ1) is 15.3. The van der Waals surface area contributed by atoms with Gasteiger partial charge in [-0.05, 0) is 37.1 Å². The molecule has 0 saturated carbocycles. The first kappa shape index (κ1) is 26.6. The lowest BCUT2D eigenvalue weighted by atomic mass is 9.95. The largest absolute Gasteiger partial charge is 0.465 e. The molecule has 0 amide bonds. The van der Waals surface area contributed by atoms with Crippen molar-refractivity contribution in [2.75, 3.05) is 24.2 Å². The molecule has 1 aromatic carbocycles. The highest BCUT2D eigenvalue weighted by Crippen LogP contribution is 2.34. The molecule has 182 valence electrons. The van der Waals surface area contributed by atoms with Gasteiger partial charge in [0.05, 0.1) is 42.9 Å². The van der Waals surface area contributed by atoms with Crippen molar-refractivity contribution in [1.82, 2.24) is 9.97 Å². The first-order valence-corrected chi connectivity index (χ1v) is 12.3. The maximum atomic E-state index is 13.3. The predicted molar refractivity (Wildman–Crippen MR) is 122 cm³/mol. The van der Waals surface area contributed by atoms with Crippen molar-refractivity contribution < 1.29 is 32.6 Å². The van der Waals surface area contributed by atoms with E-state index in [0.29, 0.717) is 35.5 Å². The second-order valence-electron chi connectivity index (χ2n) is 8.11. The van der Waals surface area contributed by atoms with E-state index in [1.54, 1.807) is 6.92 Å². The lowest BCUT2D eigenvalue weighted by Gasteiger charge is -2.22. The number of esters is 1. The number of rotatable bonds is 5. The van der Waals surface area contributed by atoms with E-state index in [1.165, 1.54) is 31.3 Å². The predicted octanol–water partition coefficient (Wildman–Crippen LogP) is 2.54. The van der Waals surface area contributed by atoms with E-state index in [0.717, 1.165) is 10.6 Å². The number of aliphatic hydroxyl groups excluding tert-OH is 2. The monoisotopic (exact) mass is 483 g/mol. The van der Waals surface area contributed by atoms with Gasteiger partial charge in [0.1, 0.15) is 5.82 Å². The molecular weight excluding hydrogens is 453 g/mol. The van der Waals surface area contributed by atoms with Crippen LogP contribution in [0.2, 0.25) is 0 Å². The zero-order chi connectivity index (χ0) is 24.9. The number of aliphatic hydroxyl groups is 2. The van der Waals surface area contributed by atoms with Crippen LogP contribution in [0.25, 0.3) is 11.3 Å². The van der Waals surface area contributed by atoms with Crippen LogP contribution in [0.4, 0.5) is 10.3 Å². The summed E-state index contributed by atoms with van der Waals surface area (Å²) < 4.78 is 42.5. The minimum Gasteiger partial charge on any atom is -0.465 e. The molecule has 33 heavy (non-hydrogen) atoms. The number of cyclic esters (lactones) is 1. The zero-order valence-electron chi connectivity index (χ0n) is 19.3. The molecular formula is C22H30FN3O6S. The van der Waals surface area contributed by atoms with Crippen LogP contribution < -0.4 is 4.31 Å². The van der Waals surface area contributed by atoms with E-state index in [-0.39, 0.29) is 24.3 Å². The van der Waals surface area contributed by atoms with E-state index >= 15 is 0 Å². The Morgan fingerprint density at radius 2 is 1.79 bits per heavy atom. The number of hydrogen-bond donors (Lipinski definition) is 2. The van der Waals surface area contributed by atoms with Crippen molar-refractivity contribution in [2.45, 2.75) is 51.7 Å². The van der Waals surface area contributed by atoms with Gasteiger partial charge in [-0.2, -0.15) is 0 Å². The Bertz CT molecular complexity index is 1070. The lowest BCUT2D eigenvalue weighted by molar-refractivity contribution is -0.151. The SMILES string of the molecule is CC(C)c1nc(N(C)S(C)(=O)=O)nc(-c2ccc(F)cc2)c1C(C)O.O=C1CC(O)CCO1. The molecule has 1 aliphatic rings. The highest BCUT2D eigenvalue weighted by atomic mass is 32.2. The van der Waals surface area contributed by atoms with Crippen LogP contribution in [-0.2, 0) is 19.6 Å². The number of carbonyl (C=O) groups excluding carboxylic acids is 1. The van der Waals surface area contributed by atoms with Crippen LogP contribution in [-0.4, -0.2) is 60.6 Å². The molecule has 0 aliphatic carbocycles. The lowest BCUT2D eigenvalue weighted by Crippen LogP contribution is -2.28. The number of aromatic nitrogens is 2. The number of hydrogen-bond acceptors (Lipinski definition) is 8. The van der Waals surface area contributed by atoms with Crippen molar-refractivity contribution in [2.24, 2.45) is 0 Å². The van der Waals surface area contributed by atoms with E-state index in [2.05, 4.69) is 14.7 Å². The number of halogens is 1. The summed E-state index contributed by atoms with van der Waals surface area (Å²) in [6.07, 6.45) is 0.489. The number of anilines is 1. The molecule has 2 N–H and O–H groups in total. The maximum absolute atomic E-state index is 13.3. The topological polar surface area (TPSA) is 130 Å². The third kappa shape index (κ3) is 7.18.